The Kier molecular flexibility index (Phi) is 7.31. The Balaban J connectivity index is 1.69. The highest BCUT2D eigenvalue weighted by Crippen LogP contribution is 2.34. The smallest absolute Gasteiger partial charge is 0.193 e. The van der Waals surface area contributed by atoms with Gasteiger partial charge in [0.1, 0.15) is 5.75 Å². The van der Waals surface area contributed by atoms with Crippen LogP contribution in [0.3, 0.4) is 0 Å². The first kappa shape index (κ1) is 20.2. The van der Waals surface area contributed by atoms with E-state index in [1.807, 2.05) is 24.3 Å². The van der Waals surface area contributed by atoms with Crippen LogP contribution in [-0.4, -0.2) is 44.7 Å². The second-order valence-corrected chi connectivity index (χ2v) is 7.11. The molecule has 5 heteroatoms. The van der Waals surface area contributed by atoms with Crippen LogP contribution in [0.4, 0.5) is 0 Å². The average molecular weight is 382 g/mol. The summed E-state index contributed by atoms with van der Waals surface area (Å²) in [5.41, 5.74) is 2.39. The largest absolute Gasteiger partial charge is 0.496 e. The van der Waals surface area contributed by atoms with Gasteiger partial charge in [0.25, 0.3) is 0 Å². The number of rotatable bonds is 7. The highest BCUT2D eigenvalue weighted by Gasteiger charge is 2.29. The van der Waals surface area contributed by atoms with Gasteiger partial charge in [-0.15, -0.1) is 0 Å². The molecule has 2 aromatic carbocycles. The van der Waals surface area contributed by atoms with Crippen LogP contribution in [-0.2, 0) is 11.3 Å². The molecule has 1 fully saturated rings. The Hall–Kier alpha value is -2.53. The Morgan fingerprint density at radius 3 is 2.68 bits per heavy atom. The maximum atomic E-state index is 6.01. The first-order chi connectivity index (χ1) is 13.7. The summed E-state index contributed by atoms with van der Waals surface area (Å²) in [6.45, 7) is 5.21. The number of methoxy groups -OCH3 is 1. The molecule has 2 atom stereocenters. The van der Waals surface area contributed by atoms with Gasteiger partial charge in [-0.3, -0.25) is 4.99 Å². The van der Waals surface area contributed by atoms with E-state index in [2.05, 4.69) is 54.5 Å². The van der Waals surface area contributed by atoms with Gasteiger partial charge in [0, 0.05) is 44.8 Å². The van der Waals surface area contributed by atoms with Crippen LogP contribution in [0.15, 0.2) is 59.6 Å². The fraction of sp³-hybridized carbons (Fsp3) is 0.435. The van der Waals surface area contributed by atoms with Crippen molar-refractivity contribution in [1.29, 1.82) is 0 Å². The van der Waals surface area contributed by atoms with Crippen molar-refractivity contribution in [3.05, 3.63) is 65.7 Å². The number of benzene rings is 2. The molecule has 0 bridgehead atoms. The SMILES string of the molecule is CCNC(=NCC1CCOC1c1ccccc1)N(C)Cc1ccccc1OC. The lowest BCUT2D eigenvalue weighted by atomic mass is 9.95. The number of hydrogen-bond donors (Lipinski definition) is 1. The zero-order valence-electron chi connectivity index (χ0n) is 17.1. The van der Waals surface area contributed by atoms with E-state index in [4.69, 9.17) is 14.5 Å². The number of aliphatic imine (C=N–C) groups is 1. The number of nitrogens with zero attached hydrogens (tertiary/aromatic N) is 2. The van der Waals surface area contributed by atoms with Crippen molar-refractivity contribution in [3.63, 3.8) is 0 Å². The third-order valence-electron chi connectivity index (χ3n) is 5.11. The van der Waals surface area contributed by atoms with Gasteiger partial charge in [-0.05, 0) is 25.0 Å². The highest BCUT2D eigenvalue weighted by atomic mass is 16.5. The molecule has 1 aliphatic rings. The third-order valence-corrected chi connectivity index (χ3v) is 5.11. The Labute approximate surface area is 168 Å². The van der Waals surface area contributed by atoms with E-state index in [0.29, 0.717) is 5.92 Å². The fourth-order valence-electron chi connectivity index (χ4n) is 3.67. The zero-order valence-corrected chi connectivity index (χ0v) is 17.1. The van der Waals surface area contributed by atoms with Gasteiger partial charge in [0.05, 0.1) is 13.2 Å². The summed E-state index contributed by atoms with van der Waals surface area (Å²) in [5.74, 6) is 2.21. The van der Waals surface area contributed by atoms with Crippen LogP contribution >= 0.6 is 0 Å². The van der Waals surface area contributed by atoms with Crippen molar-refractivity contribution in [2.24, 2.45) is 10.9 Å². The maximum absolute atomic E-state index is 6.01. The number of guanidine groups is 1. The predicted molar refractivity (Wildman–Crippen MR) is 114 cm³/mol. The summed E-state index contributed by atoms with van der Waals surface area (Å²) >= 11 is 0. The quantitative estimate of drug-likeness (QED) is 0.584. The molecule has 28 heavy (non-hydrogen) atoms. The number of ether oxygens (including phenoxy) is 2. The van der Waals surface area contributed by atoms with Crippen molar-refractivity contribution in [2.45, 2.75) is 26.0 Å². The molecule has 1 aliphatic heterocycles. The monoisotopic (exact) mass is 381 g/mol. The summed E-state index contributed by atoms with van der Waals surface area (Å²) in [4.78, 5) is 7.08. The molecule has 0 amide bonds. The normalized spacial score (nSPS) is 19.5. The van der Waals surface area contributed by atoms with E-state index in [1.165, 1.54) is 5.56 Å². The summed E-state index contributed by atoms with van der Waals surface area (Å²) in [7, 11) is 3.77. The van der Waals surface area contributed by atoms with E-state index in [-0.39, 0.29) is 6.10 Å². The van der Waals surface area contributed by atoms with Gasteiger partial charge < -0.3 is 19.7 Å². The molecule has 0 spiro atoms. The van der Waals surface area contributed by atoms with Crippen LogP contribution in [0, 0.1) is 5.92 Å². The van der Waals surface area contributed by atoms with Crippen molar-refractivity contribution in [2.75, 3.05) is 33.9 Å². The molecular formula is C23H31N3O2. The highest BCUT2D eigenvalue weighted by molar-refractivity contribution is 5.79. The second kappa shape index (κ2) is 10.1. The molecule has 1 heterocycles. The molecule has 3 rings (SSSR count). The van der Waals surface area contributed by atoms with E-state index < -0.39 is 0 Å². The van der Waals surface area contributed by atoms with Gasteiger partial charge in [0.15, 0.2) is 5.96 Å². The molecule has 0 aromatic heterocycles. The van der Waals surface area contributed by atoms with Gasteiger partial charge in [-0.25, -0.2) is 0 Å². The summed E-state index contributed by atoms with van der Waals surface area (Å²) in [6, 6.07) is 18.6. The minimum Gasteiger partial charge on any atom is -0.496 e. The molecule has 5 nitrogen and oxygen atoms in total. The van der Waals surface area contributed by atoms with Crippen LogP contribution in [0.2, 0.25) is 0 Å². The topological polar surface area (TPSA) is 46.1 Å². The molecule has 2 aromatic rings. The first-order valence-corrected chi connectivity index (χ1v) is 10.0. The van der Waals surface area contributed by atoms with E-state index in [9.17, 15) is 0 Å². The molecule has 0 saturated carbocycles. The second-order valence-electron chi connectivity index (χ2n) is 7.11. The van der Waals surface area contributed by atoms with E-state index in [0.717, 1.165) is 49.9 Å². The third kappa shape index (κ3) is 5.04. The lowest BCUT2D eigenvalue weighted by Gasteiger charge is -2.24. The zero-order chi connectivity index (χ0) is 19.8. The standard InChI is InChI=1S/C23H31N3O2/c1-4-24-23(26(2)17-20-12-8-9-13-21(20)27-3)25-16-19-14-15-28-22(19)18-10-6-5-7-11-18/h5-13,19,22H,4,14-17H2,1-3H3,(H,24,25). The summed E-state index contributed by atoms with van der Waals surface area (Å²) < 4.78 is 11.5. The van der Waals surface area contributed by atoms with E-state index in [1.54, 1.807) is 7.11 Å². The van der Waals surface area contributed by atoms with Gasteiger partial charge in [0.2, 0.25) is 0 Å². The van der Waals surface area contributed by atoms with Crippen molar-refractivity contribution in [1.82, 2.24) is 10.2 Å². The lowest BCUT2D eigenvalue weighted by Crippen LogP contribution is -2.39. The molecular weight excluding hydrogens is 350 g/mol. The van der Waals surface area contributed by atoms with Crippen LogP contribution < -0.4 is 10.1 Å². The predicted octanol–water partition coefficient (Wildman–Crippen LogP) is 3.87. The van der Waals surface area contributed by atoms with Crippen molar-refractivity contribution in [3.8, 4) is 5.75 Å². The number of nitrogens with one attached hydrogen (secondary N) is 1. The molecule has 1 saturated heterocycles. The summed E-state index contributed by atoms with van der Waals surface area (Å²) in [6.07, 6.45) is 1.17. The minimum atomic E-state index is 0.132. The van der Waals surface area contributed by atoms with Crippen molar-refractivity contribution < 1.29 is 9.47 Å². The van der Waals surface area contributed by atoms with Crippen molar-refractivity contribution >= 4 is 5.96 Å². The lowest BCUT2D eigenvalue weighted by molar-refractivity contribution is 0.0925. The Morgan fingerprint density at radius 2 is 1.93 bits per heavy atom. The van der Waals surface area contributed by atoms with Gasteiger partial charge in [-0.1, -0.05) is 48.5 Å². The number of hydrogen-bond acceptors (Lipinski definition) is 3. The molecule has 0 radical (unpaired) electrons. The maximum Gasteiger partial charge on any atom is 0.193 e. The van der Waals surface area contributed by atoms with E-state index >= 15 is 0 Å². The van der Waals surface area contributed by atoms with Crippen LogP contribution in [0.1, 0.15) is 30.6 Å². The molecule has 2 unspecified atom stereocenters. The van der Waals surface area contributed by atoms with Crippen LogP contribution in [0.5, 0.6) is 5.75 Å². The number of para-hydroxylation sites is 1. The molecule has 150 valence electrons. The summed E-state index contributed by atoms with van der Waals surface area (Å²) in [5, 5.41) is 3.41. The van der Waals surface area contributed by atoms with Gasteiger partial charge in [-0.2, -0.15) is 0 Å². The Bertz CT molecular complexity index is 763. The minimum absolute atomic E-state index is 0.132. The first-order valence-electron chi connectivity index (χ1n) is 10.0. The fourth-order valence-corrected chi connectivity index (χ4v) is 3.67. The average Bonchev–Trinajstić information content (AvgIpc) is 3.20. The molecule has 1 N–H and O–H groups in total. The van der Waals surface area contributed by atoms with Crippen LogP contribution in [0.25, 0.3) is 0 Å². The Morgan fingerprint density at radius 1 is 1.18 bits per heavy atom. The van der Waals surface area contributed by atoms with Gasteiger partial charge >= 0.3 is 0 Å². The molecule has 0 aliphatic carbocycles.